The topological polar surface area (TPSA) is 71.3 Å². The van der Waals surface area contributed by atoms with E-state index in [0.717, 1.165) is 36.4 Å². The number of nitrogens with zero attached hydrogens (tertiary/aromatic N) is 3. The van der Waals surface area contributed by atoms with Crippen molar-refractivity contribution in [2.24, 2.45) is 5.92 Å². The average molecular weight is 373 g/mol. The van der Waals surface area contributed by atoms with E-state index in [1.807, 2.05) is 13.0 Å². The molecule has 0 aromatic carbocycles. The smallest absolute Gasteiger partial charge is 0.259 e. The fraction of sp³-hybridized carbons (Fsp3) is 0.667. The zero-order chi connectivity index (χ0) is 19.4. The number of piperidine rings is 1. The van der Waals surface area contributed by atoms with Crippen LogP contribution in [0.2, 0.25) is 0 Å². The second-order valence-electron chi connectivity index (χ2n) is 8.21. The molecule has 1 unspecified atom stereocenters. The highest BCUT2D eigenvalue weighted by atomic mass is 16.5. The second kappa shape index (κ2) is 8.83. The number of rotatable bonds is 7. The van der Waals surface area contributed by atoms with Gasteiger partial charge in [-0.3, -0.25) is 4.79 Å². The first kappa shape index (κ1) is 19.8. The largest absolute Gasteiger partial charge is 0.352 e. The van der Waals surface area contributed by atoms with Crippen LogP contribution in [0, 0.1) is 12.8 Å². The Morgan fingerprint density at radius 1 is 1.41 bits per heavy atom. The van der Waals surface area contributed by atoms with Crippen LogP contribution in [0.15, 0.2) is 10.6 Å². The van der Waals surface area contributed by atoms with E-state index in [1.54, 1.807) is 0 Å². The van der Waals surface area contributed by atoms with Gasteiger partial charge >= 0.3 is 0 Å². The monoisotopic (exact) mass is 372 g/mol. The molecule has 1 saturated heterocycles. The van der Waals surface area contributed by atoms with E-state index in [0.29, 0.717) is 23.5 Å². The zero-order valence-corrected chi connectivity index (χ0v) is 17.0. The first-order valence-corrected chi connectivity index (χ1v) is 10.2. The molecule has 27 heavy (non-hydrogen) atoms. The van der Waals surface area contributed by atoms with Gasteiger partial charge in [0, 0.05) is 18.8 Å². The van der Waals surface area contributed by atoms with E-state index in [-0.39, 0.29) is 11.8 Å². The summed E-state index contributed by atoms with van der Waals surface area (Å²) in [7, 11) is 0. The minimum absolute atomic E-state index is 0.0674. The molecule has 1 atom stereocenters. The molecule has 0 radical (unpaired) electrons. The Kier molecular flexibility index (Phi) is 6.47. The first-order valence-electron chi connectivity index (χ1n) is 10.2. The van der Waals surface area contributed by atoms with Gasteiger partial charge in [-0.25, -0.2) is 4.98 Å². The van der Waals surface area contributed by atoms with Crippen LogP contribution in [0.1, 0.15) is 74.1 Å². The van der Waals surface area contributed by atoms with Gasteiger partial charge in [0.05, 0.1) is 16.6 Å². The van der Waals surface area contributed by atoms with Gasteiger partial charge in [-0.1, -0.05) is 25.9 Å². The quantitative estimate of drug-likeness (QED) is 0.747. The van der Waals surface area contributed by atoms with E-state index in [4.69, 9.17) is 4.52 Å². The Hall–Kier alpha value is -1.95. The number of hydrogen-bond acceptors (Lipinski definition) is 5. The van der Waals surface area contributed by atoms with E-state index in [1.165, 1.54) is 25.9 Å². The standard InChI is InChI=1S/C21H32N4O2/c1-14(2)18-12-17(19-16(4)24-27-21(19)23-18)20(26)22-9-5-6-10-25-11-7-8-15(3)13-25/h12,14-15H,5-11,13H2,1-4H3,(H,22,26). The number of hydrogen-bond donors (Lipinski definition) is 1. The fourth-order valence-corrected chi connectivity index (χ4v) is 3.84. The molecule has 0 spiro atoms. The Labute approximate surface area is 161 Å². The molecule has 148 valence electrons. The van der Waals surface area contributed by atoms with Crippen molar-refractivity contribution in [2.45, 2.75) is 59.3 Å². The van der Waals surface area contributed by atoms with Crippen molar-refractivity contribution in [3.8, 4) is 0 Å². The SMILES string of the molecule is Cc1noc2nc(C(C)C)cc(C(=O)NCCCCN3CCCC(C)C3)c12. The Morgan fingerprint density at radius 3 is 2.96 bits per heavy atom. The highest BCUT2D eigenvalue weighted by Crippen LogP contribution is 2.25. The Bertz CT molecular complexity index is 784. The summed E-state index contributed by atoms with van der Waals surface area (Å²) in [5.41, 5.74) is 2.62. The van der Waals surface area contributed by atoms with Crippen molar-refractivity contribution in [2.75, 3.05) is 26.2 Å². The summed E-state index contributed by atoms with van der Waals surface area (Å²) in [6.07, 6.45) is 4.77. The maximum Gasteiger partial charge on any atom is 0.259 e. The van der Waals surface area contributed by atoms with E-state index < -0.39 is 0 Å². The predicted molar refractivity (Wildman–Crippen MR) is 107 cm³/mol. The molecular weight excluding hydrogens is 340 g/mol. The van der Waals surface area contributed by atoms with Gasteiger partial charge in [-0.2, -0.15) is 0 Å². The molecule has 6 nitrogen and oxygen atoms in total. The van der Waals surface area contributed by atoms with Crippen molar-refractivity contribution in [3.05, 3.63) is 23.0 Å². The van der Waals surface area contributed by atoms with Crippen molar-refractivity contribution in [1.29, 1.82) is 0 Å². The first-order chi connectivity index (χ1) is 13.0. The number of likely N-dealkylation sites (tertiary alicyclic amines) is 1. The van der Waals surface area contributed by atoms with Crippen LogP contribution in [0.3, 0.4) is 0 Å². The molecule has 0 bridgehead atoms. The molecule has 0 aliphatic carbocycles. The van der Waals surface area contributed by atoms with Gasteiger partial charge in [0.1, 0.15) is 0 Å². The lowest BCUT2D eigenvalue weighted by Gasteiger charge is -2.30. The molecule has 1 amide bonds. The van der Waals surface area contributed by atoms with Gasteiger partial charge in [-0.15, -0.1) is 0 Å². The minimum atomic E-state index is -0.0674. The third kappa shape index (κ3) is 4.86. The molecule has 6 heteroatoms. The summed E-state index contributed by atoms with van der Waals surface area (Å²) < 4.78 is 5.30. The number of aromatic nitrogens is 2. The third-order valence-electron chi connectivity index (χ3n) is 5.40. The van der Waals surface area contributed by atoms with Crippen molar-refractivity contribution in [3.63, 3.8) is 0 Å². The number of pyridine rings is 1. The van der Waals surface area contributed by atoms with Crippen molar-refractivity contribution >= 4 is 17.0 Å². The highest BCUT2D eigenvalue weighted by Gasteiger charge is 2.19. The van der Waals surface area contributed by atoms with Crippen LogP contribution >= 0.6 is 0 Å². The van der Waals surface area contributed by atoms with Crippen LogP contribution in [0.25, 0.3) is 11.1 Å². The van der Waals surface area contributed by atoms with Crippen LogP contribution in [-0.4, -0.2) is 47.1 Å². The minimum Gasteiger partial charge on any atom is -0.352 e. The number of unbranched alkanes of at least 4 members (excludes halogenated alkanes) is 1. The predicted octanol–water partition coefficient (Wildman–Crippen LogP) is 3.90. The lowest BCUT2D eigenvalue weighted by molar-refractivity contribution is 0.0953. The molecule has 1 fully saturated rings. The van der Waals surface area contributed by atoms with E-state index in [2.05, 4.69) is 41.1 Å². The number of carbonyl (C=O) groups is 1. The number of fused-ring (bicyclic) bond motifs is 1. The molecule has 1 aliphatic rings. The molecule has 3 rings (SSSR count). The Balaban J connectivity index is 1.55. The third-order valence-corrected chi connectivity index (χ3v) is 5.40. The Morgan fingerprint density at radius 2 is 2.22 bits per heavy atom. The maximum absolute atomic E-state index is 12.8. The van der Waals surface area contributed by atoms with E-state index in [9.17, 15) is 4.79 Å². The number of nitrogens with one attached hydrogen (secondary N) is 1. The average Bonchev–Trinajstić information content (AvgIpc) is 3.01. The highest BCUT2D eigenvalue weighted by molar-refractivity contribution is 6.06. The molecule has 2 aromatic heterocycles. The summed E-state index contributed by atoms with van der Waals surface area (Å²) >= 11 is 0. The maximum atomic E-state index is 12.8. The summed E-state index contributed by atoms with van der Waals surface area (Å²) in [4.78, 5) is 19.8. The second-order valence-corrected chi connectivity index (χ2v) is 8.21. The fourth-order valence-electron chi connectivity index (χ4n) is 3.84. The van der Waals surface area contributed by atoms with Crippen LogP contribution in [0.5, 0.6) is 0 Å². The summed E-state index contributed by atoms with van der Waals surface area (Å²) in [5.74, 6) is 0.968. The van der Waals surface area contributed by atoms with Crippen LogP contribution in [-0.2, 0) is 0 Å². The zero-order valence-electron chi connectivity index (χ0n) is 17.0. The lowest BCUT2D eigenvalue weighted by atomic mass is 10.0. The molecule has 3 heterocycles. The van der Waals surface area contributed by atoms with Gasteiger partial charge in [0.25, 0.3) is 11.6 Å². The van der Waals surface area contributed by atoms with Gasteiger partial charge in [0.15, 0.2) is 0 Å². The summed E-state index contributed by atoms with van der Waals surface area (Å²) in [6, 6.07) is 1.88. The normalized spacial score (nSPS) is 18.3. The number of aryl methyl sites for hydroxylation is 1. The summed E-state index contributed by atoms with van der Waals surface area (Å²) in [6.45, 7) is 12.5. The summed E-state index contributed by atoms with van der Waals surface area (Å²) in [5, 5.41) is 7.77. The number of carbonyl (C=O) groups excluding carboxylic acids is 1. The molecule has 1 aliphatic heterocycles. The molecule has 2 aromatic rings. The van der Waals surface area contributed by atoms with Crippen molar-refractivity contribution < 1.29 is 9.32 Å². The van der Waals surface area contributed by atoms with Gasteiger partial charge < -0.3 is 14.7 Å². The molecule has 1 N–H and O–H groups in total. The van der Waals surface area contributed by atoms with Crippen molar-refractivity contribution in [1.82, 2.24) is 20.4 Å². The van der Waals surface area contributed by atoms with Crippen LogP contribution < -0.4 is 5.32 Å². The van der Waals surface area contributed by atoms with Gasteiger partial charge in [-0.05, 0) is 63.6 Å². The van der Waals surface area contributed by atoms with E-state index >= 15 is 0 Å². The van der Waals surface area contributed by atoms with Crippen LogP contribution in [0.4, 0.5) is 0 Å². The molecule has 0 saturated carbocycles. The van der Waals surface area contributed by atoms with Gasteiger partial charge in [0.2, 0.25) is 0 Å². The lowest BCUT2D eigenvalue weighted by Crippen LogP contribution is -2.35. The molecular formula is C21H32N4O2. The number of amides is 1.